The standard InChI is InChI=1S/C5H11FO3/c1-9-4-5(8,2-6)3-7/h7-8H,2-4H2,1H3. The van der Waals surface area contributed by atoms with E-state index < -0.39 is 18.9 Å². The van der Waals surface area contributed by atoms with E-state index in [-0.39, 0.29) is 6.61 Å². The average Bonchev–Trinajstić information content (AvgIpc) is 1.89. The van der Waals surface area contributed by atoms with Gasteiger partial charge in [-0.05, 0) is 0 Å². The number of alkyl halides is 1. The molecule has 0 fully saturated rings. The van der Waals surface area contributed by atoms with Gasteiger partial charge in [0.2, 0.25) is 0 Å². The van der Waals surface area contributed by atoms with E-state index in [1.165, 1.54) is 7.11 Å². The molecule has 1 unspecified atom stereocenters. The number of halogens is 1. The van der Waals surface area contributed by atoms with Gasteiger partial charge in [-0.15, -0.1) is 0 Å². The summed E-state index contributed by atoms with van der Waals surface area (Å²) in [6, 6.07) is 0. The largest absolute Gasteiger partial charge is 0.393 e. The number of hydrogen-bond donors (Lipinski definition) is 2. The van der Waals surface area contributed by atoms with Crippen LogP contribution >= 0.6 is 0 Å². The number of hydrogen-bond acceptors (Lipinski definition) is 3. The Morgan fingerprint density at radius 3 is 2.33 bits per heavy atom. The molecule has 1 atom stereocenters. The van der Waals surface area contributed by atoms with Crippen LogP contribution in [0.1, 0.15) is 0 Å². The number of rotatable bonds is 4. The molecular formula is C5H11FO3. The SMILES string of the molecule is COCC(O)(CO)CF. The van der Waals surface area contributed by atoms with E-state index in [9.17, 15) is 4.39 Å². The normalized spacial score (nSPS) is 17.3. The first kappa shape index (κ1) is 8.81. The van der Waals surface area contributed by atoms with Crippen LogP contribution in [0.25, 0.3) is 0 Å². The summed E-state index contributed by atoms with van der Waals surface area (Å²) < 4.78 is 16.2. The number of aliphatic hydroxyl groups excluding tert-OH is 1. The van der Waals surface area contributed by atoms with Gasteiger partial charge in [-0.1, -0.05) is 0 Å². The zero-order valence-corrected chi connectivity index (χ0v) is 5.30. The highest BCUT2D eigenvalue weighted by atomic mass is 19.1. The van der Waals surface area contributed by atoms with Crippen molar-refractivity contribution in [2.75, 3.05) is 27.0 Å². The summed E-state index contributed by atoms with van der Waals surface area (Å²) >= 11 is 0. The van der Waals surface area contributed by atoms with Crippen LogP contribution in [0.4, 0.5) is 4.39 Å². The van der Waals surface area contributed by atoms with E-state index in [1.54, 1.807) is 0 Å². The Morgan fingerprint density at radius 1 is 1.67 bits per heavy atom. The Labute approximate surface area is 53.1 Å². The molecule has 56 valence electrons. The Bertz CT molecular complexity index is 72.6. The van der Waals surface area contributed by atoms with E-state index in [2.05, 4.69) is 4.74 Å². The first-order chi connectivity index (χ1) is 4.18. The Balaban J connectivity index is 3.62. The summed E-state index contributed by atoms with van der Waals surface area (Å²) in [6.45, 7) is -1.78. The smallest absolute Gasteiger partial charge is 0.139 e. The van der Waals surface area contributed by atoms with Crippen LogP contribution in [0.2, 0.25) is 0 Å². The monoisotopic (exact) mass is 138 g/mol. The summed E-state index contributed by atoms with van der Waals surface area (Å²) in [7, 11) is 1.33. The molecule has 0 heterocycles. The van der Waals surface area contributed by atoms with Crippen molar-refractivity contribution in [3.8, 4) is 0 Å². The van der Waals surface area contributed by atoms with Crippen molar-refractivity contribution < 1.29 is 19.3 Å². The van der Waals surface area contributed by atoms with E-state index in [4.69, 9.17) is 10.2 Å². The molecule has 0 bridgehead atoms. The lowest BCUT2D eigenvalue weighted by Crippen LogP contribution is -2.40. The second-order valence-corrected chi connectivity index (χ2v) is 1.95. The molecule has 2 N–H and O–H groups in total. The molecule has 4 heteroatoms. The highest BCUT2D eigenvalue weighted by Gasteiger charge is 2.25. The quantitative estimate of drug-likeness (QED) is 0.541. The van der Waals surface area contributed by atoms with Crippen LogP contribution < -0.4 is 0 Å². The predicted molar refractivity (Wildman–Crippen MR) is 29.9 cm³/mol. The summed E-state index contributed by atoms with van der Waals surface area (Å²) in [5.74, 6) is 0. The highest BCUT2D eigenvalue weighted by molar-refractivity contribution is 4.75. The van der Waals surface area contributed by atoms with Gasteiger partial charge in [0.15, 0.2) is 0 Å². The van der Waals surface area contributed by atoms with Gasteiger partial charge in [0, 0.05) is 7.11 Å². The third-order valence-electron chi connectivity index (χ3n) is 0.956. The molecule has 0 spiro atoms. The lowest BCUT2D eigenvalue weighted by Gasteiger charge is -2.19. The van der Waals surface area contributed by atoms with E-state index in [1.807, 2.05) is 0 Å². The summed E-state index contributed by atoms with van der Waals surface area (Å²) in [5.41, 5.74) is -1.70. The first-order valence-corrected chi connectivity index (χ1v) is 2.56. The molecule has 0 radical (unpaired) electrons. The molecule has 0 rings (SSSR count). The fraction of sp³-hybridized carbons (Fsp3) is 1.00. The molecule has 0 aliphatic rings. The molecular weight excluding hydrogens is 127 g/mol. The third kappa shape index (κ3) is 2.74. The Kier molecular flexibility index (Phi) is 3.68. The molecule has 0 amide bonds. The number of aliphatic hydroxyl groups is 2. The fourth-order valence-electron chi connectivity index (χ4n) is 0.395. The summed E-state index contributed by atoms with van der Waals surface area (Å²) in [6.07, 6.45) is 0. The molecule has 0 aliphatic heterocycles. The molecule has 0 aromatic carbocycles. The zero-order valence-electron chi connectivity index (χ0n) is 5.30. The van der Waals surface area contributed by atoms with Crippen LogP contribution in [-0.4, -0.2) is 42.8 Å². The van der Waals surface area contributed by atoms with Crippen molar-refractivity contribution in [2.24, 2.45) is 0 Å². The number of methoxy groups -OCH3 is 1. The number of ether oxygens (including phenoxy) is 1. The van der Waals surface area contributed by atoms with Crippen molar-refractivity contribution in [3.63, 3.8) is 0 Å². The molecule has 0 aromatic heterocycles. The maximum Gasteiger partial charge on any atom is 0.139 e. The topological polar surface area (TPSA) is 49.7 Å². The Morgan fingerprint density at radius 2 is 2.22 bits per heavy atom. The zero-order chi connectivity index (χ0) is 7.33. The van der Waals surface area contributed by atoms with Gasteiger partial charge < -0.3 is 14.9 Å². The van der Waals surface area contributed by atoms with E-state index in [0.717, 1.165) is 0 Å². The molecule has 0 aromatic rings. The Hall–Kier alpha value is -0.190. The van der Waals surface area contributed by atoms with Crippen molar-refractivity contribution in [1.82, 2.24) is 0 Å². The van der Waals surface area contributed by atoms with Crippen molar-refractivity contribution in [1.29, 1.82) is 0 Å². The van der Waals surface area contributed by atoms with Crippen LogP contribution in [0.5, 0.6) is 0 Å². The van der Waals surface area contributed by atoms with Gasteiger partial charge in [-0.25, -0.2) is 4.39 Å². The van der Waals surface area contributed by atoms with Crippen LogP contribution in [0.15, 0.2) is 0 Å². The minimum Gasteiger partial charge on any atom is -0.393 e. The molecule has 0 aliphatic carbocycles. The van der Waals surface area contributed by atoms with Crippen LogP contribution in [0.3, 0.4) is 0 Å². The van der Waals surface area contributed by atoms with Crippen molar-refractivity contribution in [2.45, 2.75) is 5.60 Å². The van der Waals surface area contributed by atoms with Gasteiger partial charge in [-0.3, -0.25) is 0 Å². The maximum absolute atomic E-state index is 11.7. The average molecular weight is 138 g/mol. The lowest BCUT2D eigenvalue weighted by atomic mass is 10.1. The van der Waals surface area contributed by atoms with Crippen LogP contribution in [0, 0.1) is 0 Å². The first-order valence-electron chi connectivity index (χ1n) is 2.56. The van der Waals surface area contributed by atoms with E-state index in [0.29, 0.717) is 0 Å². The van der Waals surface area contributed by atoms with Gasteiger partial charge >= 0.3 is 0 Å². The second-order valence-electron chi connectivity index (χ2n) is 1.95. The van der Waals surface area contributed by atoms with Gasteiger partial charge in [0.05, 0.1) is 13.2 Å². The van der Waals surface area contributed by atoms with E-state index >= 15 is 0 Å². The molecule has 0 saturated carbocycles. The van der Waals surface area contributed by atoms with Crippen molar-refractivity contribution >= 4 is 0 Å². The van der Waals surface area contributed by atoms with Crippen molar-refractivity contribution in [3.05, 3.63) is 0 Å². The van der Waals surface area contributed by atoms with Gasteiger partial charge in [0.1, 0.15) is 12.3 Å². The maximum atomic E-state index is 11.7. The van der Waals surface area contributed by atoms with Gasteiger partial charge in [0.25, 0.3) is 0 Å². The lowest BCUT2D eigenvalue weighted by molar-refractivity contribution is -0.0794. The highest BCUT2D eigenvalue weighted by Crippen LogP contribution is 2.03. The fourth-order valence-corrected chi connectivity index (χ4v) is 0.395. The van der Waals surface area contributed by atoms with Gasteiger partial charge in [-0.2, -0.15) is 0 Å². The summed E-state index contributed by atoms with van der Waals surface area (Å²) in [5, 5.41) is 17.2. The summed E-state index contributed by atoms with van der Waals surface area (Å²) in [4.78, 5) is 0. The minimum atomic E-state index is -1.70. The molecule has 0 saturated heterocycles. The van der Waals surface area contributed by atoms with Crippen LogP contribution in [-0.2, 0) is 4.74 Å². The minimum absolute atomic E-state index is 0.181. The predicted octanol–water partition coefficient (Wildman–Crippen LogP) is -0.674. The molecule has 9 heavy (non-hydrogen) atoms. The second kappa shape index (κ2) is 3.76. The molecule has 3 nitrogen and oxygen atoms in total. The third-order valence-corrected chi connectivity index (χ3v) is 0.956.